The molecule has 2 nitrogen and oxygen atoms in total. The molecule has 2 N–H and O–H groups in total. The maximum atomic E-state index is 6.00. The van der Waals surface area contributed by atoms with Gasteiger partial charge in [0, 0.05) is 0 Å². The maximum absolute atomic E-state index is 6.00. The third-order valence-electron chi connectivity index (χ3n) is 0. The number of halogens is 4. The molecular weight excluding hydrogens is 222 g/mol. The summed E-state index contributed by atoms with van der Waals surface area (Å²) in [6.45, 7) is 0. The van der Waals surface area contributed by atoms with Crippen molar-refractivity contribution in [1.82, 2.24) is 0 Å². The molecule has 0 fully saturated rings. The predicted octanol–water partition coefficient (Wildman–Crippen LogP) is 2.77. The molecule has 0 bridgehead atoms. The van der Waals surface area contributed by atoms with Gasteiger partial charge < -0.3 is 0 Å². The van der Waals surface area contributed by atoms with Crippen LogP contribution in [0.15, 0.2) is 0 Å². The van der Waals surface area contributed by atoms with E-state index in [0.717, 1.165) is 0 Å². The summed E-state index contributed by atoms with van der Waals surface area (Å²) >= 11 is -3.11. The van der Waals surface area contributed by atoms with Crippen molar-refractivity contribution in [2.24, 2.45) is 0 Å². The van der Waals surface area contributed by atoms with E-state index in [-0.39, 0.29) is 0 Å². The van der Waals surface area contributed by atoms with Crippen molar-refractivity contribution in [3.63, 3.8) is 0 Å². The van der Waals surface area contributed by atoms with Gasteiger partial charge in [-0.25, -0.2) is 0 Å². The summed E-state index contributed by atoms with van der Waals surface area (Å²) in [6.07, 6.45) is 0. The molecule has 0 saturated heterocycles. The number of hydrogen-bond donors (Lipinski definition) is 2. The molecule has 0 saturated carbocycles. The molecule has 0 atom stereocenters. The number of rotatable bonds is 0. The molecular formula is H2Cl4O2Ti. The van der Waals surface area contributed by atoms with Crippen molar-refractivity contribution >= 4 is 37.2 Å². The molecule has 0 aromatic carbocycles. The van der Waals surface area contributed by atoms with Gasteiger partial charge in [-0.05, 0) is 0 Å². The van der Waals surface area contributed by atoms with Crippen LogP contribution in [0.1, 0.15) is 0 Å². The summed E-state index contributed by atoms with van der Waals surface area (Å²) in [5.74, 6) is 0. The van der Waals surface area contributed by atoms with E-state index < -0.39 is 12.3 Å². The fourth-order valence-electron chi connectivity index (χ4n) is 0. The summed E-state index contributed by atoms with van der Waals surface area (Å²) < 4.78 is 0. The first-order valence-electron chi connectivity index (χ1n) is 0.956. The van der Waals surface area contributed by atoms with E-state index in [0.29, 0.717) is 0 Å². The van der Waals surface area contributed by atoms with E-state index in [1.54, 1.807) is 0 Å². The second-order valence-corrected chi connectivity index (χ2v) is 15.9. The second-order valence-electron chi connectivity index (χ2n) is 0.429. The van der Waals surface area contributed by atoms with E-state index in [1.807, 2.05) is 0 Å². The quantitative estimate of drug-likeness (QED) is 0.377. The van der Waals surface area contributed by atoms with Crippen LogP contribution in [-0.4, -0.2) is 10.5 Å². The van der Waals surface area contributed by atoms with Crippen molar-refractivity contribution in [1.29, 1.82) is 0 Å². The minimum absolute atomic E-state index is 3.11. The Bertz CT molecular complexity index is 25.2. The molecule has 0 radical (unpaired) electrons. The minimum atomic E-state index is -3.11. The molecule has 0 heterocycles. The first-order valence-corrected chi connectivity index (χ1v) is 9.55. The molecule has 0 amide bonds. The molecule has 46 valence electrons. The van der Waals surface area contributed by atoms with E-state index in [1.165, 1.54) is 0 Å². The Morgan fingerprint density at radius 3 is 0.857 bits per heavy atom. The first kappa shape index (κ1) is 11.6. The van der Waals surface area contributed by atoms with Gasteiger partial charge in [0.15, 0.2) is 0 Å². The summed E-state index contributed by atoms with van der Waals surface area (Å²) in [6, 6.07) is 0. The standard InChI is InChI=1S/4ClH.H2O2.Ti/c;;;;1-2;/h4*1H;1-2H;/q;;;;;+4/p-4. The third kappa shape index (κ3) is 81.3. The molecule has 0 aliphatic heterocycles. The molecule has 7 heteroatoms. The van der Waals surface area contributed by atoms with Gasteiger partial charge in [-0.15, -0.1) is 0 Å². The van der Waals surface area contributed by atoms with Gasteiger partial charge >= 0.3 is 49.6 Å². The van der Waals surface area contributed by atoms with Crippen LogP contribution < -0.4 is 0 Å². The SMILES string of the molecule is OO.[Cl][Ti]([Cl])([Cl])[Cl]. The van der Waals surface area contributed by atoms with Crippen LogP contribution in [0.4, 0.5) is 0 Å². The summed E-state index contributed by atoms with van der Waals surface area (Å²) in [7, 11) is 20.1. The molecule has 0 aliphatic carbocycles. The fourth-order valence-corrected chi connectivity index (χ4v) is 0. The van der Waals surface area contributed by atoms with Gasteiger partial charge in [0.1, 0.15) is 0 Å². The van der Waals surface area contributed by atoms with Gasteiger partial charge in [-0.1, -0.05) is 0 Å². The number of hydrogen-bond acceptors (Lipinski definition) is 2. The van der Waals surface area contributed by atoms with Crippen molar-refractivity contribution in [2.45, 2.75) is 0 Å². The Morgan fingerprint density at radius 2 is 0.857 bits per heavy atom. The Kier molecular flexibility index (Phi) is 9.79. The predicted molar refractivity (Wildman–Crippen MR) is 28.7 cm³/mol. The zero-order valence-corrected chi connectivity index (χ0v) is 7.49. The topological polar surface area (TPSA) is 40.5 Å². The summed E-state index contributed by atoms with van der Waals surface area (Å²) in [5.41, 5.74) is 0. The van der Waals surface area contributed by atoms with Crippen molar-refractivity contribution in [2.75, 3.05) is 0 Å². The van der Waals surface area contributed by atoms with E-state index in [2.05, 4.69) is 0 Å². The molecule has 0 aromatic rings. The molecule has 0 aliphatic rings. The van der Waals surface area contributed by atoms with Crippen LogP contribution in [0.2, 0.25) is 0 Å². The molecule has 0 aromatic heterocycles. The van der Waals surface area contributed by atoms with E-state index >= 15 is 0 Å². The van der Waals surface area contributed by atoms with Crippen LogP contribution in [0.5, 0.6) is 0 Å². The molecule has 0 unspecified atom stereocenters. The Hall–Kier alpha value is 1.79. The molecule has 7 heavy (non-hydrogen) atoms. The average Bonchev–Trinajstić information content (AvgIpc) is 1.36. The van der Waals surface area contributed by atoms with Gasteiger partial charge in [-0.3, -0.25) is 10.5 Å². The van der Waals surface area contributed by atoms with Crippen molar-refractivity contribution < 1.29 is 22.9 Å². The second kappa shape index (κ2) is 5.92. The zero-order chi connectivity index (χ0) is 6.50. The van der Waals surface area contributed by atoms with Crippen LogP contribution in [0, 0.1) is 0 Å². The van der Waals surface area contributed by atoms with E-state index in [4.69, 9.17) is 47.7 Å². The Morgan fingerprint density at radius 1 is 0.857 bits per heavy atom. The third-order valence-corrected chi connectivity index (χ3v) is 0. The van der Waals surface area contributed by atoms with Crippen molar-refractivity contribution in [3.05, 3.63) is 0 Å². The first-order chi connectivity index (χ1) is 3.00. The average molecular weight is 224 g/mol. The Balaban J connectivity index is 0. The van der Waals surface area contributed by atoms with Gasteiger partial charge in [0.2, 0.25) is 0 Å². The van der Waals surface area contributed by atoms with Gasteiger partial charge in [-0.2, -0.15) is 0 Å². The summed E-state index contributed by atoms with van der Waals surface area (Å²) in [5, 5.41) is 12.0. The monoisotopic (exact) mass is 222 g/mol. The molecule has 0 rings (SSSR count). The molecule has 0 spiro atoms. The zero-order valence-electron chi connectivity index (χ0n) is 2.91. The van der Waals surface area contributed by atoms with Gasteiger partial charge in [0.25, 0.3) is 0 Å². The normalized spacial score (nSPS) is 9.43. The van der Waals surface area contributed by atoms with Crippen LogP contribution in [0.25, 0.3) is 0 Å². The van der Waals surface area contributed by atoms with Crippen LogP contribution >= 0.6 is 37.2 Å². The van der Waals surface area contributed by atoms with Gasteiger partial charge in [0.05, 0.1) is 0 Å². The summed E-state index contributed by atoms with van der Waals surface area (Å²) in [4.78, 5) is 0. The van der Waals surface area contributed by atoms with Crippen LogP contribution in [0.3, 0.4) is 0 Å². The van der Waals surface area contributed by atoms with Crippen molar-refractivity contribution in [3.8, 4) is 0 Å². The Labute approximate surface area is 59.7 Å². The van der Waals surface area contributed by atoms with E-state index in [9.17, 15) is 0 Å². The van der Waals surface area contributed by atoms with Crippen LogP contribution in [-0.2, 0) is 12.3 Å². The fraction of sp³-hybridized carbons (Fsp3) is 0.